The van der Waals surface area contributed by atoms with Gasteiger partial charge in [0.2, 0.25) is 11.8 Å². The van der Waals surface area contributed by atoms with Crippen LogP contribution in [0.3, 0.4) is 0 Å². The molecule has 3 aromatic carbocycles. The number of ether oxygens (including phenoxy) is 1. The number of phenols is 1. The summed E-state index contributed by atoms with van der Waals surface area (Å²) in [6.45, 7) is 1.43. The Hall–Kier alpha value is -4.17. The van der Waals surface area contributed by atoms with Gasteiger partial charge in [0.05, 0.1) is 0 Å². The van der Waals surface area contributed by atoms with E-state index in [2.05, 4.69) is 5.32 Å². The Labute approximate surface area is 209 Å². The van der Waals surface area contributed by atoms with Gasteiger partial charge in [-0.05, 0) is 47.4 Å². The lowest BCUT2D eigenvalue weighted by Gasteiger charge is -2.27. The van der Waals surface area contributed by atoms with Gasteiger partial charge in [0.25, 0.3) is 0 Å². The van der Waals surface area contributed by atoms with Crippen molar-refractivity contribution < 1.29 is 29.3 Å². The van der Waals surface area contributed by atoms with Crippen LogP contribution in [0.2, 0.25) is 0 Å². The van der Waals surface area contributed by atoms with Crippen LogP contribution in [0.4, 0.5) is 5.69 Å². The number of amides is 2. The highest BCUT2D eigenvalue weighted by Crippen LogP contribution is 2.35. The number of carbonyl (C=O) groups is 3. The van der Waals surface area contributed by atoms with Gasteiger partial charge in [-0.2, -0.15) is 0 Å². The lowest BCUT2D eigenvalue weighted by Crippen LogP contribution is -2.44. The van der Waals surface area contributed by atoms with E-state index in [0.717, 1.165) is 11.1 Å². The summed E-state index contributed by atoms with van der Waals surface area (Å²) >= 11 is 0. The van der Waals surface area contributed by atoms with Crippen LogP contribution in [-0.2, 0) is 19.1 Å². The molecule has 36 heavy (non-hydrogen) atoms. The summed E-state index contributed by atoms with van der Waals surface area (Å²) < 4.78 is 5.68. The first-order valence-corrected chi connectivity index (χ1v) is 11.7. The molecule has 2 amide bonds. The predicted octanol–water partition coefficient (Wildman–Crippen LogP) is 3.93. The smallest absolute Gasteiger partial charge is 0.329 e. The zero-order chi connectivity index (χ0) is 25.7. The van der Waals surface area contributed by atoms with Gasteiger partial charge in [0.1, 0.15) is 24.5 Å². The van der Waals surface area contributed by atoms with E-state index in [9.17, 15) is 19.5 Å². The molecular weight excluding hydrogens is 460 g/mol. The fourth-order valence-electron chi connectivity index (χ4n) is 4.70. The molecule has 186 valence electrons. The number of phenolic OH excluding ortho intramolecular Hbond substituents is 1. The highest BCUT2D eigenvalue weighted by atomic mass is 16.5. The molecule has 4 rings (SSSR count). The number of likely N-dealkylation sites (tertiary alicyclic amines) is 1. The Morgan fingerprint density at radius 2 is 1.69 bits per heavy atom. The van der Waals surface area contributed by atoms with Gasteiger partial charge in [-0.15, -0.1) is 0 Å². The molecule has 8 heteroatoms. The quantitative estimate of drug-likeness (QED) is 0.443. The molecule has 3 unspecified atom stereocenters. The molecular formula is C28H28N2O6. The maximum absolute atomic E-state index is 13.5. The molecule has 3 N–H and O–H groups in total. The van der Waals surface area contributed by atoms with Crippen molar-refractivity contribution in [2.45, 2.75) is 31.4 Å². The fraction of sp³-hybridized carbons (Fsp3) is 0.250. The number of carbonyl (C=O) groups excluding carboxylic acids is 2. The molecule has 0 aliphatic carbocycles. The van der Waals surface area contributed by atoms with Gasteiger partial charge in [0.15, 0.2) is 0 Å². The minimum atomic E-state index is -1.08. The monoisotopic (exact) mass is 488 g/mol. The summed E-state index contributed by atoms with van der Waals surface area (Å²) in [5, 5.41) is 21.7. The van der Waals surface area contributed by atoms with E-state index in [4.69, 9.17) is 9.84 Å². The first-order chi connectivity index (χ1) is 17.3. The molecule has 0 radical (unpaired) electrons. The SMILES string of the molecule is CC(=O)N1CCC(c2ccc(O)cc2)C1C(=O)Nc1cccc(C(OCC(=O)O)c2ccccc2)c1. The van der Waals surface area contributed by atoms with Gasteiger partial charge < -0.3 is 25.2 Å². The van der Waals surface area contributed by atoms with Crippen LogP contribution in [0, 0.1) is 0 Å². The highest BCUT2D eigenvalue weighted by Gasteiger charge is 2.41. The topological polar surface area (TPSA) is 116 Å². The molecule has 1 saturated heterocycles. The van der Waals surface area contributed by atoms with Crippen LogP contribution in [0.1, 0.15) is 42.1 Å². The van der Waals surface area contributed by atoms with E-state index >= 15 is 0 Å². The van der Waals surface area contributed by atoms with E-state index in [1.807, 2.05) is 36.4 Å². The number of aliphatic carboxylic acids is 1. The third kappa shape index (κ3) is 5.72. The third-order valence-electron chi connectivity index (χ3n) is 6.32. The molecule has 0 saturated carbocycles. The first kappa shape index (κ1) is 24.9. The number of rotatable bonds is 8. The number of carboxylic acids is 1. The summed E-state index contributed by atoms with van der Waals surface area (Å²) in [5.41, 5.74) is 2.85. The number of nitrogens with zero attached hydrogens (tertiary/aromatic N) is 1. The first-order valence-electron chi connectivity index (χ1n) is 11.7. The predicted molar refractivity (Wildman–Crippen MR) is 134 cm³/mol. The van der Waals surface area contributed by atoms with Crippen LogP contribution in [0.15, 0.2) is 78.9 Å². The van der Waals surface area contributed by atoms with Crippen molar-refractivity contribution in [2.24, 2.45) is 0 Å². The zero-order valence-electron chi connectivity index (χ0n) is 19.8. The summed E-state index contributed by atoms with van der Waals surface area (Å²) in [7, 11) is 0. The van der Waals surface area contributed by atoms with Crippen molar-refractivity contribution >= 4 is 23.5 Å². The molecule has 0 spiro atoms. The van der Waals surface area contributed by atoms with E-state index in [-0.39, 0.29) is 23.5 Å². The second-order valence-electron chi connectivity index (χ2n) is 8.75. The van der Waals surface area contributed by atoms with Crippen molar-refractivity contribution in [3.8, 4) is 5.75 Å². The molecule has 1 fully saturated rings. The van der Waals surface area contributed by atoms with Crippen LogP contribution >= 0.6 is 0 Å². The van der Waals surface area contributed by atoms with Crippen LogP contribution in [-0.4, -0.2) is 52.1 Å². The zero-order valence-corrected chi connectivity index (χ0v) is 19.8. The number of anilines is 1. The summed E-state index contributed by atoms with van der Waals surface area (Å²) in [6.07, 6.45) is -0.00852. The number of nitrogens with one attached hydrogen (secondary N) is 1. The van der Waals surface area contributed by atoms with Crippen molar-refractivity contribution in [3.63, 3.8) is 0 Å². The average Bonchev–Trinajstić information content (AvgIpc) is 3.31. The van der Waals surface area contributed by atoms with Gasteiger partial charge in [-0.1, -0.05) is 54.6 Å². The molecule has 1 aliphatic rings. The molecule has 1 aliphatic heterocycles. The Kier molecular flexibility index (Phi) is 7.65. The molecule has 0 bridgehead atoms. The Bertz CT molecular complexity index is 1230. The van der Waals surface area contributed by atoms with Gasteiger partial charge in [-0.3, -0.25) is 9.59 Å². The van der Waals surface area contributed by atoms with Gasteiger partial charge in [0, 0.05) is 25.1 Å². The number of aromatic hydroxyl groups is 1. The Balaban J connectivity index is 1.59. The fourth-order valence-corrected chi connectivity index (χ4v) is 4.70. The molecule has 3 aromatic rings. The minimum absolute atomic E-state index is 0.135. The minimum Gasteiger partial charge on any atom is -0.508 e. The van der Waals surface area contributed by atoms with E-state index < -0.39 is 24.7 Å². The number of benzene rings is 3. The number of carboxylic acid groups (broad SMARTS) is 1. The summed E-state index contributed by atoms with van der Waals surface area (Å²) in [5.74, 6) is -1.66. The number of hydrogen-bond acceptors (Lipinski definition) is 5. The van der Waals surface area contributed by atoms with E-state index in [0.29, 0.717) is 24.2 Å². The second-order valence-corrected chi connectivity index (χ2v) is 8.75. The largest absolute Gasteiger partial charge is 0.508 e. The van der Waals surface area contributed by atoms with Crippen LogP contribution in [0.25, 0.3) is 0 Å². The van der Waals surface area contributed by atoms with Crippen molar-refractivity contribution in [1.82, 2.24) is 4.90 Å². The normalized spacial score (nSPS) is 18.0. The molecule has 1 heterocycles. The van der Waals surface area contributed by atoms with Crippen LogP contribution < -0.4 is 5.32 Å². The highest BCUT2D eigenvalue weighted by molar-refractivity contribution is 5.98. The average molecular weight is 489 g/mol. The lowest BCUT2D eigenvalue weighted by molar-refractivity contribution is -0.143. The Morgan fingerprint density at radius 3 is 2.36 bits per heavy atom. The number of hydrogen-bond donors (Lipinski definition) is 3. The van der Waals surface area contributed by atoms with Crippen molar-refractivity contribution in [1.29, 1.82) is 0 Å². The Morgan fingerprint density at radius 1 is 1.00 bits per heavy atom. The van der Waals surface area contributed by atoms with Crippen LogP contribution in [0.5, 0.6) is 5.75 Å². The lowest BCUT2D eigenvalue weighted by atomic mass is 9.91. The summed E-state index contributed by atoms with van der Waals surface area (Å²) in [4.78, 5) is 38.5. The van der Waals surface area contributed by atoms with E-state index in [1.54, 1.807) is 47.4 Å². The maximum Gasteiger partial charge on any atom is 0.329 e. The van der Waals surface area contributed by atoms with Crippen molar-refractivity contribution in [2.75, 3.05) is 18.5 Å². The van der Waals surface area contributed by atoms with E-state index in [1.165, 1.54) is 6.92 Å². The maximum atomic E-state index is 13.5. The summed E-state index contributed by atoms with van der Waals surface area (Å²) in [6, 6.07) is 22.3. The second kappa shape index (κ2) is 11.0. The van der Waals surface area contributed by atoms with Gasteiger partial charge >= 0.3 is 5.97 Å². The standard InChI is InChI=1S/C28H28N2O6/c1-18(31)30-15-14-24(19-10-12-23(32)13-11-19)26(30)28(35)29-22-9-5-8-21(16-22)27(36-17-25(33)34)20-6-3-2-4-7-20/h2-13,16,24,26-27,32H,14-15,17H2,1H3,(H,29,35)(H,33,34). The third-order valence-corrected chi connectivity index (χ3v) is 6.32. The van der Waals surface area contributed by atoms with Gasteiger partial charge in [-0.25, -0.2) is 4.79 Å². The molecule has 3 atom stereocenters. The molecule has 0 aromatic heterocycles. The van der Waals surface area contributed by atoms with Crippen molar-refractivity contribution in [3.05, 3.63) is 95.6 Å². The molecule has 8 nitrogen and oxygen atoms in total.